The molecule has 0 bridgehead atoms. The van der Waals surface area contributed by atoms with Crippen LogP contribution < -0.4 is 0 Å². The first-order valence-corrected chi connectivity index (χ1v) is 5.69. The van der Waals surface area contributed by atoms with E-state index < -0.39 is 30.2 Å². The van der Waals surface area contributed by atoms with Crippen LogP contribution in [0.1, 0.15) is 17.9 Å². The Kier molecular flexibility index (Phi) is 3.34. The highest BCUT2D eigenvalue weighted by atomic mass is 35.5. The molecule has 2 rings (SSSR count). The summed E-state index contributed by atoms with van der Waals surface area (Å²) in [5.74, 6) is -2.87. The third-order valence-electron chi connectivity index (χ3n) is 2.82. The molecule has 18 heavy (non-hydrogen) atoms. The lowest BCUT2D eigenvalue weighted by atomic mass is 9.97. The molecule has 1 aromatic rings. The molecule has 2 amide bonds. The minimum absolute atomic E-state index is 0.0319. The Morgan fingerprint density at radius 2 is 2.06 bits per heavy atom. The summed E-state index contributed by atoms with van der Waals surface area (Å²) in [6.45, 7) is -0.599. The fraction of sp³-hybridized carbons (Fsp3) is 0.250. The number of carbonyl (C=O) groups excluding carboxylic acids is 2. The highest BCUT2D eigenvalue weighted by Crippen LogP contribution is 2.33. The summed E-state index contributed by atoms with van der Waals surface area (Å²) in [4.78, 5) is 34.9. The number of rotatable bonds is 3. The average molecular weight is 268 g/mol. The lowest BCUT2D eigenvalue weighted by Crippen LogP contribution is -2.35. The van der Waals surface area contributed by atoms with Gasteiger partial charge in [-0.25, -0.2) is 0 Å². The maximum absolute atomic E-state index is 12.0. The Labute approximate surface area is 108 Å². The van der Waals surface area contributed by atoms with E-state index in [1.807, 2.05) is 0 Å². The van der Waals surface area contributed by atoms with Crippen LogP contribution in [0.2, 0.25) is 5.02 Å². The quantitative estimate of drug-likeness (QED) is 0.837. The Balaban J connectivity index is 2.28. The number of hydrogen-bond acceptors (Lipinski definition) is 3. The summed E-state index contributed by atoms with van der Waals surface area (Å²) in [6, 6.07) is 6.75. The molecule has 1 unspecified atom stereocenters. The number of likely N-dealkylation sites (tertiary alicyclic amines) is 1. The van der Waals surface area contributed by atoms with Crippen molar-refractivity contribution in [2.24, 2.45) is 0 Å². The van der Waals surface area contributed by atoms with Crippen LogP contribution in [0, 0.1) is 0 Å². The number of halogens is 1. The topological polar surface area (TPSA) is 74.7 Å². The van der Waals surface area contributed by atoms with Gasteiger partial charge in [-0.2, -0.15) is 0 Å². The van der Waals surface area contributed by atoms with Crippen molar-refractivity contribution in [3.05, 3.63) is 34.9 Å². The van der Waals surface area contributed by atoms with Crippen molar-refractivity contribution in [1.82, 2.24) is 4.90 Å². The Bertz CT molecular complexity index is 529. The van der Waals surface area contributed by atoms with Gasteiger partial charge in [0.2, 0.25) is 11.8 Å². The lowest BCUT2D eigenvalue weighted by Gasteiger charge is -2.13. The van der Waals surface area contributed by atoms with Crippen LogP contribution >= 0.6 is 11.6 Å². The van der Waals surface area contributed by atoms with Gasteiger partial charge in [-0.05, 0) is 11.6 Å². The molecule has 0 aromatic heterocycles. The van der Waals surface area contributed by atoms with Crippen LogP contribution in [0.15, 0.2) is 24.3 Å². The maximum atomic E-state index is 12.0. The smallest absolute Gasteiger partial charge is 0.323 e. The number of benzene rings is 1. The van der Waals surface area contributed by atoms with E-state index >= 15 is 0 Å². The van der Waals surface area contributed by atoms with Gasteiger partial charge in [-0.15, -0.1) is 0 Å². The molecule has 1 saturated heterocycles. The highest BCUT2D eigenvalue weighted by molar-refractivity contribution is 6.31. The first-order valence-electron chi connectivity index (χ1n) is 5.31. The zero-order valence-corrected chi connectivity index (χ0v) is 10.1. The zero-order chi connectivity index (χ0) is 13.3. The van der Waals surface area contributed by atoms with E-state index in [-0.39, 0.29) is 6.42 Å². The SMILES string of the molecule is O=C(O)CN1C(=O)CC(c2ccccc2Cl)C1=O. The summed E-state index contributed by atoms with van der Waals surface area (Å²) in [5.41, 5.74) is 0.561. The number of carboxylic acid groups (broad SMARTS) is 1. The van der Waals surface area contributed by atoms with E-state index in [9.17, 15) is 14.4 Å². The Morgan fingerprint density at radius 1 is 1.39 bits per heavy atom. The molecule has 6 heteroatoms. The van der Waals surface area contributed by atoms with Gasteiger partial charge in [0.1, 0.15) is 6.54 Å². The summed E-state index contributed by atoms with van der Waals surface area (Å²) >= 11 is 5.97. The maximum Gasteiger partial charge on any atom is 0.323 e. The number of carboxylic acids is 1. The molecular formula is C12H10ClNO4. The number of aliphatic carboxylic acids is 1. The summed E-state index contributed by atoms with van der Waals surface area (Å²) in [5, 5.41) is 9.05. The molecule has 1 aromatic carbocycles. The van der Waals surface area contributed by atoms with Crippen LogP contribution in [0.25, 0.3) is 0 Å². The number of hydrogen-bond donors (Lipinski definition) is 1. The van der Waals surface area contributed by atoms with E-state index in [0.29, 0.717) is 10.6 Å². The van der Waals surface area contributed by atoms with Gasteiger partial charge < -0.3 is 5.11 Å². The molecule has 1 N–H and O–H groups in total. The third-order valence-corrected chi connectivity index (χ3v) is 3.16. The van der Waals surface area contributed by atoms with E-state index in [2.05, 4.69) is 0 Å². The normalized spacial score (nSPS) is 19.4. The van der Waals surface area contributed by atoms with E-state index in [0.717, 1.165) is 4.90 Å². The Hall–Kier alpha value is -1.88. The summed E-state index contributed by atoms with van der Waals surface area (Å²) < 4.78 is 0. The minimum atomic E-state index is -1.21. The number of nitrogens with zero attached hydrogens (tertiary/aromatic N) is 1. The molecule has 0 radical (unpaired) electrons. The molecule has 0 aliphatic carbocycles. The molecule has 1 fully saturated rings. The number of amides is 2. The molecule has 1 atom stereocenters. The Morgan fingerprint density at radius 3 is 2.67 bits per heavy atom. The second-order valence-electron chi connectivity index (χ2n) is 3.99. The molecule has 1 aliphatic rings. The van der Waals surface area contributed by atoms with Crippen molar-refractivity contribution in [3.63, 3.8) is 0 Å². The van der Waals surface area contributed by atoms with Crippen LogP contribution in [0.4, 0.5) is 0 Å². The van der Waals surface area contributed by atoms with Crippen LogP contribution in [-0.2, 0) is 14.4 Å². The lowest BCUT2D eigenvalue weighted by molar-refractivity contribution is -0.148. The van der Waals surface area contributed by atoms with E-state index in [1.54, 1.807) is 24.3 Å². The van der Waals surface area contributed by atoms with Gasteiger partial charge in [0.25, 0.3) is 0 Å². The van der Waals surface area contributed by atoms with Crippen molar-refractivity contribution in [2.45, 2.75) is 12.3 Å². The van der Waals surface area contributed by atoms with Gasteiger partial charge in [0.15, 0.2) is 0 Å². The molecule has 1 aliphatic heterocycles. The van der Waals surface area contributed by atoms with Gasteiger partial charge in [0, 0.05) is 11.4 Å². The second kappa shape index (κ2) is 4.78. The highest BCUT2D eigenvalue weighted by Gasteiger charge is 2.40. The first-order chi connectivity index (χ1) is 8.50. The van der Waals surface area contributed by atoms with Crippen molar-refractivity contribution < 1.29 is 19.5 Å². The van der Waals surface area contributed by atoms with Gasteiger partial charge in [0.05, 0.1) is 5.92 Å². The molecule has 0 spiro atoms. The molecule has 5 nitrogen and oxygen atoms in total. The van der Waals surface area contributed by atoms with Crippen molar-refractivity contribution in [2.75, 3.05) is 6.54 Å². The molecule has 0 saturated carbocycles. The summed E-state index contributed by atoms with van der Waals surface area (Å²) in [7, 11) is 0. The van der Waals surface area contributed by atoms with Crippen molar-refractivity contribution in [3.8, 4) is 0 Å². The van der Waals surface area contributed by atoms with Crippen LogP contribution in [0.3, 0.4) is 0 Å². The van der Waals surface area contributed by atoms with Gasteiger partial charge >= 0.3 is 5.97 Å². The van der Waals surface area contributed by atoms with Gasteiger partial charge in [-0.3, -0.25) is 19.3 Å². The predicted octanol–water partition coefficient (Wildman–Crippen LogP) is 1.27. The van der Waals surface area contributed by atoms with Crippen molar-refractivity contribution >= 4 is 29.4 Å². The van der Waals surface area contributed by atoms with Crippen LogP contribution in [0.5, 0.6) is 0 Å². The molecule has 1 heterocycles. The van der Waals surface area contributed by atoms with E-state index in [1.165, 1.54) is 0 Å². The number of imide groups is 1. The van der Waals surface area contributed by atoms with Crippen LogP contribution in [-0.4, -0.2) is 34.3 Å². The number of carbonyl (C=O) groups is 3. The van der Waals surface area contributed by atoms with E-state index in [4.69, 9.17) is 16.7 Å². The largest absolute Gasteiger partial charge is 0.480 e. The standard InChI is InChI=1S/C12H10ClNO4/c13-9-4-2-1-3-7(9)8-5-10(15)14(12(8)18)6-11(16)17/h1-4,8H,5-6H2,(H,16,17). The predicted molar refractivity (Wildman–Crippen MR) is 63.2 cm³/mol. The summed E-state index contributed by atoms with van der Waals surface area (Å²) in [6.07, 6.45) is -0.0319. The molecular weight excluding hydrogens is 258 g/mol. The minimum Gasteiger partial charge on any atom is -0.480 e. The third kappa shape index (κ3) is 2.22. The fourth-order valence-corrected chi connectivity index (χ4v) is 2.25. The van der Waals surface area contributed by atoms with Gasteiger partial charge in [-0.1, -0.05) is 29.8 Å². The zero-order valence-electron chi connectivity index (χ0n) is 9.30. The first kappa shape index (κ1) is 12.6. The molecule has 94 valence electrons. The average Bonchev–Trinajstić information content (AvgIpc) is 2.57. The van der Waals surface area contributed by atoms with Crippen molar-refractivity contribution in [1.29, 1.82) is 0 Å². The second-order valence-corrected chi connectivity index (χ2v) is 4.40. The fourth-order valence-electron chi connectivity index (χ4n) is 1.99. The monoisotopic (exact) mass is 267 g/mol.